The predicted molar refractivity (Wildman–Crippen MR) is 64.3 cm³/mol. The van der Waals surface area contributed by atoms with Gasteiger partial charge < -0.3 is 4.90 Å². The molecule has 0 radical (unpaired) electrons. The average molecular weight is 221 g/mol. The fourth-order valence-corrected chi connectivity index (χ4v) is 1.56. The standard InChI is InChI=1S/C12H19N3O/c1-15(9-5-8-12(16)14-13)10-11-6-3-2-4-7-11/h2-4,6-7H,5,8-10,13H2,1H3,(H,14,16). The molecule has 0 bridgehead atoms. The lowest BCUT2D eigenvalue weighted by atomic mass is 10.2. The monoisotopic (exact) mass is 221 g/mol. The lowest BCUT2D eigenvalue weighted by Gasteiger charge is -2.16. The van der Waals surface area contributed by atoms with Crippen molar-refractivity contribution >= 4 is 5.91 Å². The molecule has 0 spiro atoms. The van der Waals surface area contributed by atoms with Gasteiger partial charge in [-0.15, -0.1) is 0 Å². The molecule has 0 aliphatic rings. The van der Waals surface area contributed by atoms with Gasteiger partial charge in [0.15, 0.2) is 0 Å². The third kappa shape index (κ3) is 4.91. The Bertz CT molecular complexity index is 313. The highest BCUT2D eigenvalue weighted by Gasteiger charge is 2.02. The molecule has 1 aromatic rings. The molecule has 16 heavy (non-hydrogen) atoms. The molecule has 1 aromatic carbocycles. The smallest absolute Gasteiger partial charge is 0.233 e. The Morgan fingerprint density at radius 3 is 2.69 bits per heavy atom. The van der Waals surface area contributed by atoms with E-state index in [0.29, 0.717) is 6.42 Å². The van der Waals surface area contributed by atoms with Crippen LogP contribution in [-0.4, -0.2) is 24.4 Å². The number of carbonyl (C=O) groups is 1. The van der Waals surface area contributed by atoms with Gasteiger partial charge >= 0.3 is 0 Å². The molecule has 0 saturated heterocycles. The molecular formula is C12H19N3O. The highest BCUT2D eigenvalue weighted by atomic mass is 16.2. The van der Waals surface area contributed by atoms with Gasteiger partial charge in [-0.25, -0.2) is 5.84 Å². The Kier molecular flexibility index (Phi) is 5.53. The van der Waals surface area contributed by atoms with E-state index in [-0.39, 0.29) is 5.91 Å². The van der Waals surface area contributed by atoms with Crippen LogP contribution < -0.4 is 11.3 Å². The Hall–Kier alpha value is -1.39. The summed E-state index contributed by atoms with van der Waals surface area (Å²) < 4.78 is 0. The van der Waals surface area contributed by atoms with Crippen LogP contribution >= 0.6 is 0 Å². The minimum absolute atomic E-state index is 0.104. The van der Waals surface area contributed by atoms with Gasteiger partial charge in [0.05, 0.1) is 0 Å². The molecule has 0 aliphatic carbocycles. The predicted octanol–water partition coefficient (Wildman–Crippen LogP) is 0.889. The van der Waals surface area contributed by atoms with E-state index < -0.39 is 0 Å². The zero-order chi connectivity index (χ0) is 11.8. The molecule has 0 heterocycles. The number of hydrogen-bond donors (Lipinski definition) is 2. The number of nitrogens with one attached hydrogen (secondary N) is 1. The van der Waals surface area contributed by atoms with Gasteiger partial charge in [0, 0.05) is 13.0 Å². The van der Waals surface area contributed by atoms with Crippen molar-refractivity contribution in [1.29, 1.82) is 0 Å². The molecule has 0 saturated carbocycles. The quantitative estimate of drug-likeness (QED) is 0.426. The van der Waals surface area contributed by atoms with Crippen molar-refractivity contribution in [3.63, 3.8) is 0 Å². The van der Waals surface area contributed by atoms with Crippen molar-refractivity contribution in [3.05, 3.63) is 35.9 Å². The van der Waals surface area contributed by atoms with Gasteiger partial charge in [-0.1, -0.05) is 30.3 Å². The van der Waals surface area contributed by atoms with Crippen LogP contribution in [0.2, 0.25) is 0 Å². The summed E-state index contributed by atoms with van der Waals surface area (Å²) in [5.41, 5.74) is 3.42. The van der Waals surface area contributed by atoms with Crippen molar-refractivity contribution in [1.82, 2.24) is 10.3 Å². The van der Waals surface area contributed by atoms with E-state index >= 15 is 0 Å². The molecule has 4 nitrogen and oxygen atoms in total. The molecule has 0 fully saturated rings. The minimum Gasteiger partial charge on any atom is -0.302 e. The number of carbonyl (C=O) groups excluding carboxylic acids is 1. The van der Waals surface area contributed by atoms with Crippen LogP contribution in [0.3, 0.4) is 0 Å². The normalized spacial score (nSPS) is 10.4. The van der Waals surface area contributed by atoms with Crippen LogP contribution in [0.15, 0.2) is 30.3 Å². The number of amides is 1. The molecule has 3 N–H and O–H groups in total. The average Bonchev–Trinajstić information content (AvgIpc) is 2.30. The molecule has 88 valence electrons. The number of rotatable bonds is 6. The summed E-state index contributed by atoms with van der Waals surface area (Å²) in [5, 5.41) is 0. The van der Waals surface area contributed by atoms with E-state index in [1.54, 1.807) is 0 Å². The van der Waals surface area contributed by atoms with Crippen LogP contribution in [0.4, 0.5) is 0 Å². The van der Waals surface area contributed by atoms with Crippen molar-refractivity contribution in [2.45, 2.75) is 19.4 Å². The van der Waals surface area contributed by atoms with E-state index in [9.17, 15) is 4.79 Å². The Labute approximate surface area is 96.4 Å². The van der Waals surface area contributed by atoms with Crippen LogP contribution in [0, 0.1) is 0 Å². The van der Waals surface area contributed by atoms with Crippen molar-refractivity contribution in [2.75, 3.05) is 13.6 Å². The van der Waals surface area contributed by atoms with E-state index in [2.05, 4.69) is 22.5 Å². The maximum Gasteiger partial charge on any atom is 0.233 e. The minimum atomic E-state index is -0.104. The second-order valence-corrected chi connectivity index (χ2v) is 3.89. The lowest BCUT2D eigenvalue weighted by molar-refractivity contribution is -0.121. The van der Waals surface area contributed by atoms with E-state index in [4.69, 9.17) is 5.84 Å². The maximum absolute atomic E-state index is 10.9. The number of hydrogen-bond acceptors (Lipinski definition) is 3. The Morgan fingerprint density at radius 2 is 2.06 bits per heavy atom. The molecule has 0 atom stereocenters. The first-order valence-corrected chi connectivity index (χ1v) is 5.44. The fraction of sp³-hybridized carbons (Fsp3) is 0.417. The lowest BCUT2D eigenvalue weighted by Crippen LogP contribution is -2.30. The topological polar surface area (TPSA) is 58.4 Å². The molecular weight excluding hydrogens is 202 g/mol. The van der Waals surface area contributed by atoms with E-state index in [0.717, 1.165) is 19.5 Å². The number of nitrogens with two attached hydrogens (primary N) is 1. The zero-order valence-corrected chi connectivity index (χ0v) is 9.65. The van der Waals surface area contributed by atoms with Gasteiger partial charge in [-0.2, -0.15) is 0 Å². The summed E-state index contributed by atoms with van der Waals surface area (Å²) >= 11 is 0. The third-order valence-corrected chi connectivity index (χ3v) is 2.40. The van der Waals surface area contributed by atoms with Crippen LogP contribution in [0.25, 0.3) is 0 Å². The summed E-state index contributed by atoms with van der Waals surface area (Å²) in [4.78, 5) is 13.1. The third-order valence-electron chi connectivity index (χ3n) is 2.40. The van der Waals surface area contributed by atoms with Gasteiger partial charge in [0.1, 0.15) is 0 Å². The molecule has 0 aliphatic heterocycles. The molecule has 4 heteroatoms. The number of nitrogens with zero attached hydrogens (tertiary/aromatic N) is 1. The second-order valence-electron chi connectivity index (χ2n) is 3.89. The van der Waals surface area contributed by atoms with Crippen molar-refractivity contribution < 1.29 is 4.79 Å². The van der Waals surface area contributed by atoms with Gasteiger partial charge in [0.2, 0.25) is 5.91 Å². The summed E-state index contributed by atoms with van der Waals surface area (Å²) in [6, 6.07) is 10.3. The summed E-state index contributed by atoms with van der Waals surface area (Å²) in [6.07, 6.45) is 1.31. The van der Waals surface area contributed by atoms with Crippen LogP contribution in [-0.2, 0) is 11.3 Å². The van der Waals surface area contributed by atoms with Crippen LogP contribution in [0.1, 0.15) is 18.4 Å². The Balaban J connectivity index is 2.21. The van der Waals surface area contributed by atoms with Crippen LogP contribution in [0.5, 0.6) is 0 Å². The molecule has 0 aromatic heterocycles. The van der Waals surface area contributed by atoms with Crippen molar-refractivity contribution in [3.8, 4) is 0 Å². The van der Waals surface area contributed by atoms with Crippen molar-refractivity contribution in [2.24, 2.45) is 5.84 Å². The summed E-state index contributed by atoms with van der Waals surface area (Å²) in [5.74, 6) is 4.90. The van der Waals surface area contributed by atoms with E-state index in [1.807, 2.05) is 25.2 Å². The first kappa shape index (κ1) is 12.7. The highest BCUT2D eigenvalue weighted by Crippen LogP contribution is 2.03. The first-order chi connectivity index (χ1) is 7.72. The summed E-state index contributed by atoms with van der Waals surface area (Å²) in [7, 11) is 2.05. The van der Waals surface area contributed by atoms with Gasteiger partial charge in [-0.3, -0.25) is 10.2 Å². The zero-order valence-electron chi connectivity index (χ0n) is 9.65. The van der Waals surface area contributed by atoms with Gasteiger partial charge in [-0.05, 0) is 25.6 Å². The number of hydrazine groups is 1. The summed E-state index contributed by atoms with van der Waals surface area (Å²) in [6.45, 7) is 1.80. The SMILES string of the molecule is CN(CCCC(=O)NN)Cc1ccccc1. The molecule has 0 unspecified atom stereocenters. The highest BCUT2D eigenvalue weighted by molar-refractivity contribution is 5.75. The van der Waals surface area contributed by atoms with E-state index in [1.165, 1.54) is 5.56 Å². The number of benzene rings is 1. The largest absolute Gasteiger partial charge is 0.302 e. The van der Waals surface area contributed by atoms with Gasteiger partial charge in [0.25, 0.3) is 0 Å². The maximum atomic E-state index is 10.9. The first-order valence-electron chi connectivity index (χ1n) is 5.44. The fourth-order valence-electron chi connectivity index (χ4n) is 1.56. The Morgan fingerprint density at radius 1 is 1.38 bits per heavy atom. The molecule has 1 amide bonds. The molecule has 1 rings (SSSR count). The second kappa shape index (κ2) is 6.98.